The summed E-state index contributed by atoms with van der Waals surface area (Å²) in [5.41, 5.74) is 7.34. The van der Waals surface area contributed by atoms with Crippen molar-refractivity contribution in [2.45, 2.75) is 103 Å². The molecule has 3 N–H and O–H groups in total. The first-order chi connectivity index (χ1) is 32.6. The first-order valence-corrected chi connectivity index (χ1v) is 24.9. The number of imide groups is 1. The predicted octanol–water partition coefficient (Wildman–Crippen LogP) is 7.73. The zero-order chi connectivity index (χ0) is 47.9. The molecule has 0 bridgehead atoms. The predicted molar refractivity (Wildman–Crippen MR) is 265 cm³/mol. The number of imidazole rings is 1. The second kappa shape index (κ2) is 19.4. The van der Waals surface area contributed by atoms with Crippen molar-refractivity contribution in [1.82, 2.24) is 34.7 Å². The van der Waals surface area contributed by atoms with Crippen molar-refractivity contribution in [3.8, 4) is 22.3 Å². The number of rotatable bonds is 9. The maximum atomic E-state index is 13.8. The van der Waals surface area contributed by atoms with E-state index in [9.17, 15) is 24.0 Å². The molecule has 0 radical (unpaired) electrons. The summed E-state index contributed by atoms with van der Waals surface area (Å²) < 4.78 is 8.66. The van der Waals surface area contributed by atoms with Crippen LogP contribution in [0.5, 0.6) is 0 Å². The molecule has 4 aliphatic heterocycles. The molecule has 4 amide bonds. The maximum absolute atomic E-state index is 13.8. The fraction of sp³-hybridized carbons (Fsp3) is 0.453. The molecule has 2 aromatic heterocycles. The number of anilines is 1. The van der Waals surface area contributed by atoms with Gasteiger partial charge in [0, 0.05) is 85.9 Å². The van der Waals surface area contributed by atoms with Crippen molar-refractivity contribution in [3.05, 3.63) is 110 Å². The quantitative estimate of drug-likeness (QED) is 0.0997. The standard InChI is InChI=1S/C53H62N8O6S/c1-33-9-15-40(55-41-31-58(32-41)52(66)67-53(3,4)5)30-42(33)49(63)54-34(2)38-13-12-37(43(28-38)47-8-7-27-68-47)11-10-35-19-23-59(24-20-35)60-25-21-36(22-26-60)39-14-16-44-46(29-39)57(6)51(65)61(44)45-17-18-48(62)56-50(45)64/h7-9,12-16,27-30,34-36,41,45,55H,17-26,31-32H2,1-6H3,(H,54,63)(H,56,62,64). The molecule has 0 saturated carbocycles. The molecule has 0 spiro atoms. The smallest absolute Gasteiger partial charge is 0.410 e. The maximum Gasteiger partial charge on any atom is 0.410 e. The van der Waals surface area contributed by atoms with Gasteiger partial charge in [-0.15, -0.1) is 11.3 Å². The summed E-state index contributed by atoms with van der Waals surface area (Å²) in [5.74, 6) is 7.02. The Labute approximate surface area is 402 Å². The van der Waals surface area contributed by atoms with Gasteiger partial charge in [0.1, 0.15) is 11.6 Å². The Morgan fingerprint density at radius 3 is 2.31 bits per heavy atom. The van der Waals surface area contributed by atoms with Gasteiger partial charge in [-0.3, -0.25) is 28.8 Å². The number of fused-ring (bicyclic) bond motifs is 1. The number of hydrogen-bond donors (Lipinski definition) is 3. The molecule has 2 atom stereocenters. The third kappa shape index (κ3) is 10.1. The summed E-state index contributed by atoms with van der Waals surface area (Å²) in [4.78, 5) is 66.7. The number of benzene rings is 3. The van der Waals surface area contributed by atoms with Crippen LogP contribution in [0.1, 0.15) is 117 Å². The number of aryl methyl sites for hydroxylation is 2. The Bertz CT molecular complexity index is 2850. The number of hydrogen-bond acceptors (Lipinski definition) is 10. The summed E-state index contributed by atoms with van der Waals surface area (Å²) in [6.07, 6.45) is 4.25. The largest absolute Gasteiger partial charge is 0.444 e. The van der Waals surface area contributed by atoms with Gasteiger partial charge >= 0.3 is 11.8 Å². The van der Waals surface area contributed by atoms with E-state index in [1.165, 1.54) is 5.56 Å². The Morgan fingerprint density at radius 2 is 1.62 bits per heavy atom. The molecule has 9 rings (SSSR count). The fourth-order valence-corrected chi connectivity index (χ4v) is 10.7. The number of carbonyl (C=O) groups excluding carboxylic acids is 4. The van der Waals surface area contributed by atoms with Gasteiger partial charge in [-0.2, -0.15) is 0 Å². The Hall–Kier alpha value is -6.21. The lowest BCUT2D eigenvalue weighted by molar-refractivity contribution is -0.135. The van der Waals surface area contributed by atoms with Gasteiger partial charge in [-0.25, -0.2) is 19.6 Å². The van der Waals surface area contributed by atoms with Gasteiger partial charge in [0.2, 0.25) is 11.8 Å². The molecule has 68 heavy (non-hydrogen) atoms. The monoisotopic (exact) mass is 938 g/mol. The minimum Gasteiger partial charge on any atom is -0.444 e. The number of aromatic nitrogens is 2. The number of ether oxygens (including phenoxy) is 1. The topological polar surface area (TPSA) is 150 Å². The SMILES string of the molecule is Cc1ccc(NC2CN(C(=O)OC(C)(C)C)C2)cc1C(=O)NC(C)c1ccc(C#CC2CCN(N3CCC(c4ccc5c(c4)n(C)c(=O)n5C4CCC(=O)NC4=O)CC3)CC2)c(-c2cccs2)c1. The number of thiophene rings is 1. The minimum atomic E-state index is -0.689. The van der Waals surface area contributed by atoms with Crippen LogP contribution in [0.15, 0.2) is 76.9 Å². The second-order valence-electron chi connectivity index (χ2n) is 19.9. The lowest BCUT2D eigenvalue weighted by Gasteiger charge is -2.42. The number of hydrazine groups is 1. The molecule has 14 nitrogen and oxygen atoms in total. The lowest BCUT2D eigenvalue weighted by Crippen LogP contribution is -2.57. The van der Waals surface area contributed by atoms with E-state index in [0.29, 0.717) is 36.9 Å². The van der Waals surface area contributed by atoms with Crippen LogP contribution in [0.2, 0.25) is 0 Å². The number of likely N-dealkylation sites (tertiary alicyclic amines) is 1. The van der Waals surface area contributed by atoms with Crippen LogP contribution < -0.4 is 21.6 Å². The molecule has 3 aromatic carbocycles. The van der Waals surface area contributed by atoms with Gasteiger partial charge < -0.3 is 20.3 Å². The molecule has 6 heterocycles. The van der Waals surface area contributed by atoms with E-state index in [1.807, 2.05) is 58.9 Å². The van der Waals surface area contributed by atoms with Crippen LogP contribution in [0, 0.1) is 24.7 Å². The number of nitrogens with zero attached hydrogens (tertiary/aromatic N) is 5. The zero-order valence-electron chi connectivity index (χ0n) is 39.9. The number of piperidine rings is 3. The van der Waals surface area contributed by atoms with Crippen LogP contribution in [-0.2, 0) is 21.4 Å². The molecular formula is C53H62N8O6S. The number of nitrogens with one attached hydrogen (secondary N) is 3. The van der Waals surface area contributed by atoms with Crippen molar-refractivity contribution >= 4 is 51.9 Å². The highest BCUT2D eigenvalue weighted by Gasteiger charge is 2.35. The van der Waals surface area contributed by atoms with Crippen LogP contribution in [0.4, 0.5) is 10.5 Å². The average Bonchev–Trinajstić information content (AvgIpc) is 3.93. The molecule has 2 unspecified atom stereocenters. The summed E-state index contributed by atoms with van der Waals surface area (Å²) >= 11 is 1.68. The first kappa shape index (κ1) is 46.9. The van der Waals surface area contributed by atoms with Gasteiger partial charge in [0.15, 0.2) is 0 Å². The third-order valence-electron chi connectivity index (χ3n) is 13.9. The summed E-state index contributed by atoms with van der Waals surface area (Å²) in [7, 11) is 1.75. The number of carbonyl (C=O) groups is 4. The zero-order valence-corrected chi connectivity index (χ0v) is 40.7. The lowest BCUT2D eigenvalue weighted by atomic mass is 9.89. The average molecular weight is 939 g/mol. The summed E-state index contributed by atoms with van der Waals surface area (Å²) in [5, 5.41) is 16.2. The van der Waals surface area contributed by atoms with Crippen molar-refractivity contribution < 1.29 is 23.9 Å². The minimum absolute atomic E-state index is 0.0768. The normalized spacial score (nSPS) is 19.5. The van der Waals surface area contributed by atoms with Crippen molar-refractivity contribution in [1.29, 1.82) is 0 Å². The van der Waals surface area contributed by atoms with Gasteiger partial charge in [-0.05, 0) is 137 Å². The Morgan fingerprint density at radius 1 is 0.882 bits per heavy atom. The second-order valence-corrected chi connectivity index (χ2v) is 20.8. The van der Waals surface area contributed by atoms with Crippen molar-refractivity contribution in [2.24, 2.45) is 13.0 Å². The first-order valence-electron chi connectivity index (χ1n) is 24.0. The highest BCUT2D eigenvalue weighted by Crippen LogP contribution is 2.34. The van der Waals surface area contributed by atoms with E-state index in [2.05, 4.69) is 85.7 Å². The molecule has 4 fully saturated rings. The Kier molecular flexibility index (Phi) is 13.4. The van der Waals surface area contributed by atoms with E-state index in [1.54, 1.807) is 32.4 Å². The third-order valence-corrected chi connectivity index (χ3v) is 14.8. The summed E-state index contributed by atoms with van der Waals surface area (Å²) in [6, 6.07) is 21.7. The van der Waals surface area contributed by atoms with E-state index in [4.69, 9.17) is 4.74 Å². The highest BCUT2D eigenvalue weighted by molar-refractivity contribution is 7.13. The van der Waals surface area contributed by atoms with Crippen LogP contribution in [0.25, 0.3) is 21.5 Å². The molecule has 4 aliphatic rings. The highest BCUT2D eigenvalue weighted by atomic mass is 32.1. The fourth-order valence-electron chi connectivity index (χ4n) is 9.99. The summed E-state index contributed by atoms with van der Waals surface area (Å²) in [6.45, 7) is 14.5. The van der Waals surface area contributed by atoms with E-state index in [-0.39, 0.29) is 42.1 Å². The van der Waals surface area contributed by atoms with Gasteiger partial charge in [-0.1, -0.05) is 36.1 Å². The van der Waals surface area contributed by atoms with Crippen LogP contribution >= 0.6 is 11.3 Å². The van der Waals surface area contributed by atoms with Gasteiger partial charge in [0.25, 0.3) is 5.91 Å². The van der Waals surface area contributed by atoms with Gasteiger partial charge in [0.05, 0.1) is 23.1 Å². The molecule has 15 heteroatoms. The van der Waals surface area contributed by atoms with Crippen LogP contribution in [0.3, 0.4) is 0 Å². The molecule has 0 aliphatic carbocycles. The van der Waals surface area contributed by atoms with E-state index < -0.39 is 17.6 Å². The molecule has 5 aromatic rings. The molecule has 356 valence electrons. The Balaban J connectivity index is 0.785. The molecule has 4 saturated heterocycles. The van der Waals surface area contributed by atoms with Crippen LogP contribution in [-0.4, -0.2) is 98.8 Å². The number of amides is 4. The van der Waals surface area contributed by atoms with Crippen molar-refractivity contribution in [3.63, 3.8) is 0 Å². The van der Waals surface area contributed by atoms with E-state index in [0.717, 1.165) is 95.7 Å². The molecular weight excluding hydrogens is 877 g/mol. The van der Waals surface area contributed by atoms with Crippen molar-refractivity contribution in [2.75, 3.05) is 44.6 Å². The van der Waals surface area contributed by atoms with E-state index >= 15 is 0 Å².